The Hall–Kier alpha value is -4.71. The Morgan fingerprint density at radius 2 is 1.67 bits per heavy atom. The van der Waals surface area contributed by atoms with E-state index in [9.17, 15) is 18.8 Å². The van der Waals surface area contributed by atoms with Gasteiger partial charge in [0.2, 0.25) is 0 Å². The number of halogens is 1. The molecule has 1 N–H and O–H groups in total. The summed E-state index contributed by atoms with van der Waals surface area (Å²) in [7, 11) is 1.25. The van der Waals surface area contributed by atoms with Crippen molar-refractivity contribution in [2.45, 2.75) is 0 Å². The summed E-state index contributed by atoms with van der Waals surface area (Å²) >= 11 is 0. The zero-order valence-electron chi connectivity index (χ0n) is 19.5. The second kappa shape index (κ2) is 10.7. The predicted molar refractivity (Wildman–Crippen MR) is 131 cm³/mol. The van der Waals surface area contributed by atoms with Crippen molar-refractivity contribution in [1.29, 1.82) is 5.26 Å². The molecule has 0 saturated carbocycles. The average Bonchev–Trinajstić information content (AvgIpc) is 2.92. The summed E-state index contributed by atoms with van der Waals surface area (Å²) in [6.07, 6.45) is 0. The topological polar surface area (TPSA) is 103 Å². The molecule has 0 unspecified atom stereocenters. The molecule has 3 aromatic carbocycles. The first-order valence-electron chi connectivity index (χ1n) is 11.2. The van der Waals surface area contributed by atoms with E-state index in [4.69, 9.17) is 10.00 Å². The second-order valence-corrected chi connectivity index (χ2v) is 8.13. The number of nitriles is 1. The van der Waals surface area contributed by atoms with Crippen molar-refractivity contribution in [2.24, 2.45) is 0 Å². The van der Waals surface area contributed by atoms with Crippen molar-refractivity contribution >= 4 is 29.2 Å². The number of hydrogen-bond acceptors (Lipinski definition) is 6. The minimum atomic E-state index is -0.828. The van der Waals surface area contributed by atoms with Gasteiger partial charge in [0.25, 0.3) is 11.8 Å². The van der Waals surface area contributed by atoms with E-state index in [0.717, 1.165) is 6.07 Å². The normalized spacial score (nSPS) is 13.0. The van der Waals surface area contributed by atoms with Gasteiger partial charge >= 0.3 is 5.97 Å². The van der Waals surface area contributed by atoms with Gasteiger partial charge in [-0.3, -0.25) is 9.59 Å². The molecule has 182 valence electrons. The number of amides is 2. The first-order valence-corrected chi connectivity index (χ1v) is 11.2. The Bertz CT molecular complexity index is 1350. The van der Waals surface area contributed by atoms with Crippen LogP contribution in [-0.2, 0) is 4.74 Å². The van der Waals surface area contributed by atoms with Gasteiger partial charge in [0.05, 0.1) is 41.2 Å². The molecule has 1 aliphatic rings. The second-order valence-electron chi connectivity index (χ2n) is 8.13. The smallest absolute Gasteiger partial charge is 0.337 e. The molecule has 0 aromatic heterocycles. The molecular weight excluding hydrogens is 463 g/mol. The summed E-state index contributed by atoms with van der Waals surface area (Å²) in [5, 5.41) is 11.6. The number of nitrogens with zero attached hydrogens (tertiary/aromatic N) is 3. The van der Waals surface area contributed by atoms with E-state index >= 15 is 0 Å². The van der Waals surface area contributed by atoms with Gasteiger partial charge in [0.15, 0.2) is 0 Å². The minimum absolute atomic E-state index is 0.0545. The molecule has 4 rings (SSSR count). The van der Waals surface area contributed by atoms with Crippen molar-refractivity contribution in [3.8, 4) is 6.07 Å². The van der Waals surface area contributed by atoms with Gasteiger partial charge in [0.1, 0.15) is 5.82 Å². The van der Waals surface area contributed by atoms with Gasteiger partial charge in [0, 0.05) is 31.7 Å². The van der Waals surface area contributed by atoms with Crippen LogP contribution in [0.3, 0.4) is 0 Å². The molecule has 1 heterocycles. The molecular formula is C27H23FN4O4. The van der Waals surface area contributed by atoms with Gasteiger partial charge in [-0.25, -0.2) is 9.18 Å². The van der Waals surface area contributed by atoms with Gasteiger partial charge in [-0.1, -0.05) is 18.2 Å². The van der Waals surface area contributed by atoms with Crippen LogP contribution in [0.2, 0.25) is 0 Å². The lowest BCUT2D eigenvalue weighted by Crippen LogP contribution is -2.49. The van der Waals surface area contributed by atoms with Gasteiger partial charge < -0.3 is 19.9 Å². The zero-order chi connectivity index (χ0) is 25.7. The van der Waals surface area contributed by atoms with Crippen molar-refractivity contribution in [3.63, 3.8) is 0 Å². The van der Waals surface area contributed by atoms with Crippen molar-refractivity contribution in [3.05, 3.63) is 94.8 Å². The number of carbonyl (C=O) groups is 3. The molecule has 0 atom stereocenters. The summed E-state index contributed by atoms with van der Waals surface area (Å²) in [5.74, 6) is -2.19. The molecule has 2 amide bonds. The Labute approximate surface area is 207 Å². The standard InChI is InChI=1S/C27H23FN4O4/c1-36-27(35)20-8-10-24(23(16-20)30-25(33)21-9-7-18(17-29)15-22(21)28)31-11-13-32(14-12-31)26(34)19-5-3-2-4-6-19/h2-10,15-16H,11-14H2,1H3,(H,30,33). The number of anilines is 2. The van der Waals surface area contributed by atoms with Gasteiger partial charge in [-0.2, -0.15) is 5.26 Å². The summed E-state index contributed by atoms with van der Waals surface area (Å²) < 4.78 is 19.2. The summed E-state index contributed by atoms with van der Waals surface area (Å²) in [5.41, 5.74) is 1.62. The highest BCUT2D eigenvalue weighted by Crippen LogP contribution is 2.30. The fourth-order valence-corrected chi connectivity index (χ4v) is 4.03. The molecule has 0 radical (unpaired) electrons. The summed E-state index contributed by atoms with van der Waals surface area (Å²) in [6.45, 7) is 1.91. The number of ether oxygens (including phenoxy) is 1. The van der Waals surface area contributed by atoms with Crippen LogP contribution < -0.4 is 10.2 Å². The van der Waals surface area contributed by atoms with Crippen LogP contribution in [-0.4, -0.2) is 56.0 Å². The van der Waals surface area contributed by atoms with E-state index in [-0.39, 0.29) is 22.6 Å². The lowest BCUT2D eigenvalue weighted by atomic mass is 10.1. The van der Waals surface area contributed by atoms with Crippen molar-refractivity contribution < 1.29 is 23.5 Å². The maximum atomic E-state index is 14.4. The monoisotopic (exact) mass is 486 g/mol. The van der Waals surface area contributed by atoms with Crippen molar-refractivity contribution in [2.75, 3.05) is 43.5 Å². The lowest BCUT2D eigenvalue weighted by molar-refractivity contribution is 0.0600. The predicted octanol–water partition coefficient (Wildman–Crippen LogP) is 3.70. The Balaban J connectivity index is 1.56. The number of piperazine rings is 1. The van der Waals surface area contributed by atoms with Crippen LogP contribution in [0.4, 0.5) is 15.8 Å². The van der Waals surface area contributed by atoms with E-state index < -0.39 is 17.7 Å². The largest absolute Gasteiger partial charge is 0.465 e. The molecule has 0 bridgehead atoms. The number of benzene rings is 3. The van der Waals surface area contributed by atoms with Gasteiger partial charge in [-0.05, 0) is 48.5 Å². The number of rotatable bonds is 5. The molecule has 0 spiro atoms. The summed E-state index contributed by atoms with van der Waals surface area (Å²) in [4.78, 5) is 41.5. The van der Waals surface area contributed by atoms with Crippen LogP contribution in [0.25, 0.3) is 0 Å². The number of hydrogen-bond donors (Lipinski definition) is 1. The van der Waals surface area contributed by atoms with Crippen LogP contribution >= 0.6 is 0 Å². The van der Waals surface area contributed by atoms with E-state index in [0.29, 0.717) is 43.1 Å². The molecule has 1 aliphatic heterocycles. The molecule has 8 nitrogen and oxygen atoms in total. The van der Waals surface area contributed by atoms with E-state index in [1.807, 2.05) is 29.2 Å². The minimum Gasteiger partial charge on any atom is -0.465 e. The third-order valence-electron chi connectivity index (χ3n) is 5.94. The number of methoxy groups -OCH3 is 1. The molecule has 1 fully saturated rings. The number of esters is 1. The Morgan fingerprint density at radius 3 is 2.31 bits per heavy atom. The fraction of sp³-hybridized carbons (Fsp3) is 0.185. The SMILES string of the molecule is COC(=O)c1ccc(N2CCN(C(=O)c3ccccc3)CC2)c(NC(=O)c2ccc(C#N)cc2F)c1. The first-order chi connectivity index (χ1) is 17.4. The Morgan fingerprint density at radius 1 is 0.944 bits per heavy atom. The highest BCUT2D eigenvalue weighted by Gasteiger charge is 2.25. The number of carbonyl (C=O) groups excluding carboxylic acids is 3. The zero-order valence-corrected chi connectivity index (χ0v) is 19.5. The van der Waals surface area contributed by atoms with Crippen molar-refractivity contribution in [1.82, 2.24) is 4.90 Å². The van der Waals surface area contributed by atoms with E-state index in [1.165, 1.54) is 25.3 Å². The van der Waals surface area contributed by atoms with E-state index in [2.05, 4.69) is 5.32 Å². The lowest BCUT2D eigenvalue weighted by Gasteiger charge is -2.37. The molecule has 3 aromatic rings. The molecule has 0 aliphatic carbocycles. The quantitative estimate of drug-likeness (QED) is 0.552. The fourth-order valence-electron chi connectivity index (χ4n) is 4.03. The average molecular weight is 487 g/mol. The third kappa shape index (κ3) is 5.18. The van der Waals surface area contributed by atoms with E-state index in [1.54, 1.807) is 29.2 Å². The van der Waals surface area contributed by atoms with Gasteiger partial charge in [-0.15, -0.1) is 0 Å². The van der Waals surface area contributed by atoms with Crippen LogP contribution in [0.5, 0.6) is 0 Å². The number of nitrogens with one attached hydrogen (secondary N) is 1. The Kier molecular flexibility index (Phi) is 7.25. The maximum absolute atomic E-state index is 14.4. The van der Waals surface area contributed by atoms with Crippen LogP contribution in [0.1, 0.15) is 36.6 Å². The highest BCUT2D eigenvalue weighted by molar-refractivity contribution is 6.07. The highest BCUT2D eigenvalue weighted by atomic mass is 19.1. The molecule has 1 saturated heterocycles. The van der Waals surface area contributed by atoms with Crippen LogP contribution in [0, 0.1) is 17.1 Å². The third-order valence-corrected chi connectivity index (χ3v) is 5.94. The molecule has 9 heteroatoms. The summed E-state index contributed by atoms with van der Waals surface area (Å²) in [6, 6.07) is 19.2. The molecule has 36 heavy (non-hydrogen) atoms. The first kappa shape index (κ1) is 24.4. The maximum Gasteiger partial charge on any atom is 0.337 e. The van der Waals surface area contributed by atoms with Crippen LogP contribution in [0.15, 0.2) is 66.7 Å².